The average Bonchev–Trinajstić information content (AvgIpc) is 2.73. The molecule has 0 N–H and O–H groups in total. The molecule has 0 aliphatic heterocycles. The lowest BCUT2D eigenvalue weighted by Crippen LogP contribution is -2.04. The monoisotopic (exact) mass is 374 g/mol. The van der Waals surface area contributed by atoms with Crippen molar-refractivity contribution in [1.29, 1.82) is 0 Å². The molecule has 0 spiro atoms. The van der Waals surface area contributed by atoms with E-state index in [9.17, 15) is 0 Å². The molecule has 0 atom stereocenters. The number of thioether (sulfide) groups is 1. The van der Waals surface area contributed by atoms with Crippen LogP contribution in [0.2, 0.25) is 0 Å². The fraction of sp³-hybridized carbons (Fsp3) is 0.167. The highest BCUT2D eigenvalue weighted by Gasteiger charge is 1.99. The summed E-state index contributed by atoms with van der Waals surface area (Å²) < 4.78 is 11.7. The minimum absolute atomic E-state index is 0.707. The van der Waals surface area contributed by atoms with Crippen molar-refractivity contribution >= 4 is 33.3 Å². The predicted molar refractivity (Wildman–Crippen MR) is 116 cm³/mol. The van der Waals surface area contributed by atoms with Crippen molar-refractivity contribution in [1.82, 2.24) is 0 Å². The molecule has 0 aliphatic carbocycles. The van der Waals surface area contributed by atoms with Crippen LogP contribution in [0.1, 0.15) is 0 Å². The van der Waals surface area contributed by atoms with E-state index in [2.05, 4.69) is 72.8 Å². The second-order valence-corrected chi connectivity index (χ2v) is 7.55. The summed E-state index contributed by atoms with van der Waals surface area (Å²) in [4.78, 5) is 0. The Balaban J connectivity index is 1.16. The van der Waals surface area contributed by atoms with Crippen molar-refractivity contribution in [3.8, 4) is 11.5 Å². The maximum atomic E-state index is 5.87. The smallest absolute Gasteiger partial charge is 0.119 e. The molecule has 0 heterocycles. The minimum atomic E-state index is 0.707. The van der Waals surface area contributed by atoms with Crippen LogP contribution in [0.25, 0.3) is 21.5 Å². The van der Waals surface area contributed by atoms with Gasteiger partial charge in [-0.2, -0.15) is 11.8 Å². The highest BCUT2D eigenvalue weighted by atomic mass is 32.2. The van der Waals surface area contributed by atoms with Crippen molar-refractivity contribution in [2.75, 3.05) is 24.7 Å². The van der Waals surface area contributed by atoms with Crippen molar-refractivity contribution in [2.24, 2.45) is 0 Å². The molecule has 136 valence electrons. The van der Waals surface area contributed by atoms with Crippen LogP contribution in [-0.2, 0) is 0 Å². The van der Waals surface area contributed by atoms with Crippen LogP contribution in [0.3, 0.4) is 0 Å². The van der Waals surface area contributed by atoms with Crippen LogP contribution in [0, 0.1) is 0 Å². The molecule has 3 heteroatoms. The SMILES string of the molecule is c1ccc2cc(OCCSCCOc3ccc4ccccc4c3)ccc2c1. The van der Waals surface area contributed by atoms with Gasteiger partial charge in [0, 0.05) is 11.5 Å². The van der Waals surface area contributed by atoms with Gasteiger partial charge in [0.05, 0.1) is 13.2 Å². The third-order valence-corrected chi connectivity index (χ3v) is 5.35. The van der Waals surface area contributed by atoms with Gasteiger partial charge in [0.15, 0.2) is 0 Å². The molecule has 2 nitrogen and oxygen atoms in total. The quantitative estimate of drug-likeness (QED) is 0.343. The molecule has 0 bridgehead atoms. The summed E-state index contributed by atoms with van der Waals surface area (Å²) in [6.45, 7) is 1.41. The van der Waals surface area contributed by atoms with Gasteiger partial charge in [-0.25, -0.2) is 0 Å². The molecule has 4 aromatic rings. The normalized spacial score (nSPS) is 11.0. The number of hydrogen-bond donors (Lipinski definition) is 0. The van der Waals surface area contributed by atoms with Gasteiger partial charge in [0.2, 0.25) is 0 Å². The summed E-state index contributed by atoms with van der Waals surface area (Å²) >= 11 is 1.85. The molecular formula is C24H22O2S. The Kier molecular flexibility index (Phi) is 5.80. The van der Waals surface area contributed by atoms with Gasteiger partial charge in [-0.1, -0.05) is 60.7 Å². The van der Waals surface area contributed by atoms with Gasteiger partial charge in [-0.3, -0.25) is 0 Å². The molecule has 0 radical (unpaired) electrons. The summed E-state index contributed by atoms with van der Waals surface area (Å²) in [6.07, 6.45) is 0. The lowest BCUT2D eigenvalue weighted by Gasteiger charge is -2.09. The number of ether oxygens (including phenoxy) is 2. The maximum absolute atomic E-state index is 5.87. The molecule has 0 aliphatic rings. The topological polar surface area (TPSA) is 18.5 Å². The van der Waals surface area contributed by atoms with Gasteiger partial charge < -0.3 is 9.47 Å². The van der Waals surface area contributed by atoms with Gasteiger partial charge in [-0.05, 0) is 45.8 Å². The van der Waals surface area contributed by atoms with Crippen LogP contribution in [0.15, 0.2) is 84.9 Å². The zero-order valence-corrected chi connectivity index (χ0v) is 16.0. The highest BCUT2D eigenvalue weighted by Crippen LogP contribution is 2.22. The Morgan fingerprint density at radius 3 is 1.44 bits per heavy atom. The Bertz CT molecular complexity index is 945. The van der Waals surface area contributed by atoms with Crippen LogP contribution < -0.4 is 9.47 Å². The lowest BCUT2D eigenvalue weighted by atomic mass is 10.1. The second kappa shape index (κ2) is 8.83. The summed E-state index contributed by atoms with van der Waals surface area (Å²) in [7, 11) is 0. The molecule has 4 aromatic carbocycles. The molecular weight excluding hydrogens is 352 g/mol. The van der Waals surface area contributed by atoms with Crippen LogP contribution in [0.5, 0.6) is 11.5 Å². The Hall–Kier alpha value is -2.65. The third kappa shape index (κ3) is 4.75. The molecule has 0 fully saturated rings. The van der Waals surface area contributed by atoms with Crippen LogP contribution in [-0.4, -0.2) is 24.7 Å². The van der Waals surface area contributed by atoms with Crippen molar-refractivity contribution < 1.29 is 9.47 Å². The molecule has 0 amide bonds. The van der Waals surface area contributed by atoms with Gasteiger partial charge in [0.25, 0.3) is 0 Å². The summed E-state index contributed by atoms with van der Waals surface area (Å²) in [6, 6.07) is 29.2. The molecule has 0 saturated carbocycles. The van der Waals surface area contributed by atoms with Crippen molar-refractivity contribution in [3.05, 3.63) is 84.9 Å². The summed E-state index contributed by atoms with van der Waals surface area (Å²) in [5.41, 5.74) is 0. The Morgan fingerprint density at radius 2 is 0.963 bits per heavy atom. The largest absolute Gasteiger partial charge is 0.493 e. The first-order valence-corrected chi connectivity index (χ1v) is 10.3. The van der Waals surface area contributed by atoms with Crippen molar-refractivity contribution in [2.45, 2.75) is 0 Å². The van der Waals surface area contributed by atoms with Crippen molar-refractivity contribution in [3.63, 3.8) is 0 Å². The van der Waals surface area contributed by atoms with Gasteiger partial charge >= 0.3 is 0 Å². The van der Waals surface area contributed by atoms with E-state index in [0.717, 1.165) is 23.0 Å². The van der Waals surface area contributed by atoms with Crippen LogP contribution in [0.4, 0.5) is 0 Å². The van der Waals surface area contributed by atoms with Crippen LogP contribution >= 0.6 is 11.8 Å². The number of benzene rings is 4. The zero-order valence-electron chi connectivity index (χ0n) is 15.1. The number of hydrogen-bond acceptors (Lipinski definition) is 3. The molecule has 27 heavy (non-hydrogen) atoms. The predicted octanol–water partition coefficient (Wildman–Crippen LogP) is 6.18. The molecule has 0 aromatic heterocycles. The van der Waals surface area contributed by atoms with E-state index in [1.54, 1.807) is 0 Å². The van der Waals surface area contributed by atoms with E-state index in [1.165, 1.54) is 21.5 Å². The minimum Gasteiger partial charge on any atom is -0.493 e. The fourth-order valence-electron chi connectivity index (χ4n) is 3.05. The Morgan fingerprint density at radius 1 is 0.519 bits per heavy atom. The zero-order chi connectivity index (χ0) is 18.3. The summed E-state index contributed by atoms with van der Waals surface area (Å²) in [5.74, 6) is 3.77. The molecule has 4 rings (SSSR count). The first kappa shape index (κ1) is 17.7. The van der Waals surface area contributed by atoms with Gasteiger partial charge in [0.1, 0.15) is 11.5 Å². The third-order valence-electron chi connectivity index (χ3n) is 4.43. The van der Waals surface area contributed by atoms with E-state index in [0.29, 0.717) is 13.2 Å². The van der Waals surface area contributed by atoms with E-state index >= 15 is 0 Å². The summed E-state index contributed by atoms with van der Waals surface area (Å²) in [5, 5.41) is 4.91. The number of rotatable bonds is 8. The van der Waals surface area contributed by atoms with Gasteiger partial charge in [-0.15, -0.1) is 0 Å². The molecule has 0 unspecified atom stereocenters. The first-order chi connectivity index (χ1) is 13.4. The second-order valence-electron chi connectivity index (χ2n) is 6.33. The van der Waals surface area contributed by atoms with E-state index in [4.69, 9.17) is 9.47 Å². The van der Waals surface area contributed by atoms with E-state index in [-0.39, 0.29) is 0 Å². The first-order valence-electron chi connectivity index (χ1n) is 9.19. The van der Waals surface area contributed by atoms with E-state index < -0.39 is 0 Å². The lowest BCUT2D eigenvalue weighted by molar-refractivity contribution is 0.340. The Labute approximate surface area is 164 Å². The fourth-order valence-corrected chi connectivity index (χ4v) is 3.66. The highest BCUT2D eigenvalue weighted by molar-refractivity contribution is 7.99. The molecule has 0 saturated heterocycles. The standard InChI is InChI=1S/C24H22O2S/c1-3-7-21-17-23(11-9-19(21)5-1)25-13-15-27-16-14-26-24-12-10-20-6-2-4-8-22(20)18-24/h1-12,17-18H,13-16H2. The average molecular weight is 375 g/mol. The number of fused-ring (bicyclic) bond motifs is 2. The van der Waals surface area contributed by atoms with E-state index in [1.807, 2.05) is 23.9 Å². The maximum Gasteiger partial charge on any atom is 0.119 e.